The highest BCUT2D eigenvalue weighted by Gasteiger charge is 2.41. The summed E-state index contributed by atoms with van der Waals surface area (Å²) in [7, 11) is 0. The van der Waals surface area contributed by atoms with E-state index in [1.165, 1.54) is 5.56 Å². The highest BCUT2D eigenvalue weighted by molar-refractivity contribution is 6.30. The molecule has 1 heterocycles. The normalized spacial score (nSPS) is 29.3. The van der Waals surface area contributed by atoms with E-state index in [0.717, 1.165) is 11.6 Å². The Morgan fingerprint density at radius 2 is 1.87 bits per heavy atom. The molecular weight excluding hydrogens is 208 g/mol. The number of ether oxygens (including phenoxy) is 1. The molecule has 0 aromatic heterocycles. The quantitative estimate of drug-likeness (QED) is 0.704. The first kappa shape index (κ1) is 11.0. The first-order valence-electron chi connectivity index (χ1n) is 5.40. The van der Waals surface area contributed by atoms with Gasteiger partial charge in [0.05, 0.1) is 12.2 Å². The molecule has 2 atom stereocenters. The van der Waals surface area contributed by atoms with Crippen molar-refractivity contribution in [2.45, 2.75) is 32.3 Å². The van der Waals surface area contributed by atoms with E-state index in [0.29, 0.717) is 11.8 Å². The van der Waals surface area contributed by atoms with Crippen molar-refractivity contribution in [3.8, 4) is 0 Å². The minimum absolute atomic E-state index is 0.0623. The summed E-state index contributed by atoms with van der Waals surface area (Å²) in [5, 5.41) is 0.795. The molecule has 0 aliphatic carbocycles. The Balaban J connectivity index is 2.33. The van der Waals surface area contributed by atoms with Gasteiger partial charge >= 0.3 is 0 Å². The molecule has 0 saturated carbocycles. The maximum atomic E-state index is 5.89. The lowest BCUT2D eigenvalue weighted by molar-refractivity contribution is 0.0265. The van der Waals surface area contributed by atoms with Gasteiger partial charge in [-0.15, -0.1) is 0 Å². The van der Waals surface area contributed by atoms with Crippen LogP contribution < -0.4 is 0 Å². The summed E-state index contributed by atoms with van der Waals surface area (Å²) in [5.41, 5.74) is 1.27. The van der Waals surface area contributed by atoms with Crippen LogP contribution in [-0.2, 0) is 4.74 Å². The summed E-state index contributed by atoms with van der Waals surface area (Å²) in [6.45, 7) is 7.42. The van der Waals surface area contributed by atoms with Gasteiger partial charge in [0, 0.05) is 10.9 Å². The fourth-order valence-electron chi connectivity index (χ4n) is 2.62. The molecule has 1 aliphatic rings. The summed E-state index contributed by atoms with van der Waals surface area (Å²) < 4.78 is 5.82. The summed E-state index contributed by atoms with van der Waals surface area (Å²) in [5.74, 6) is 1.04. The van der Waals surface area contributed by atoms with Crippen LogP contribution in [0.2, 0.25) is 5.02 Å². The highest BCUT2D eigenvalue weighted by atomic mass is 35.5. The predicted molar refractivity (Wildman–Crippen MR) is 63.4 cm³/mol. The maximum absolute atomic E-state index is 5.89. The van der Waals surface area contributed by atoms with Gasteiger partial charge in [-0.25, -0.2) is 0 Å². The SMILES string of the molecule is CC1COC(C)(C)C1c1ccc(Cl)cc1. The first-order valence-corrected chi connectivity index (χ1v) is 5.78. The molecule has 1 aliphatic heterocycles. The van der Waals surface area contributed by atoms with Crippen molar-refractivity contribution in [2.75, 3.05) is 6.61 Å². The third kappa shape index (κ3) is 2.04. The van der Waals surface area contributed by atoms with Crippen molar-refractivity contribution in [3.05, 3.63) is 34.9 Å². The Hall–Kier alpha value is -0.530. The standard InChI is InChI=1S/C13H17ClO/c1-9-8-15-13(2,3)12(9)10-4-6-11(14)7-5-10/h4-7,9,12H,8H2,1-3H3. The molecule has 82 valence electrons. The zero-order chi connectivity index (χ0) is 11.1. The zero-order valence-electron chi connectivity index (χ0n) is 9.46. The average molecular weight is 225 g/mol. The van der Waals surface area contributed by atoms with E-state index in [1.54, 1.807) is 0 Å². The van der Waals surface area contributed by atoms with Gasteiger partial charge in [0.2, 0.25) is 0 Å². The smallest absolute Gasteiger partial charge is 0.0698 e. The van der Waals surface area contributed by atoms with Crippen LogP contribution >= 0.6 is 11.6 Å². The minimum atomic E-state index is -0.0623. The number of hydrogen-bond donors (Lipinski definition) is 0. The second kappa shape index (κ2) is 3.80. The number of hydrogen-bond acceptors (Lipinski definition) is 1. The van der Waals surface area contributed by atoms with Crippen LogP contribution in [0.3, 0.4) is 0 Å². The average Bonchev–Trinajstić information content (AvgIpc) is 2.43. The second-order valence-electron chi connectivity index (χ2n) is 4.92. The minimum Gasteiger partial charge on any atom is -0.375 e. The van der Waals surface area contributed by atoms with E-state index < -0.39 is 0 Å². The molecule has 0 amide bonds. The fourth-order valence-corrected chi connectivity index (χ4v) is 2.74. The van der Waals surface area contributed by atoms with Gasteiger partial charge in [-0.2, -0.15) is 0 Å². The number of halogens is 1. The molecule has 1 aromatic rings. The van der Waals surface area contributed by atoms with Gasteiger partial charge in [-0.05, 0) is 37.5 Å². The Kier molecular flexibility index (Phi) is 2.78. The largest absolute Gasteiger partial charge is 0.375 e. The van der Waals surface area contributed by atoms with Gasteiger partial charge in [-0.3, -0.25) is 0 Å². The lowest BCUT2D eigenvalue weighted by Gasteiger charge is -2.28. The van der Waals surface area contributed by atoms with E-state index in [-0.39, 0.29) is 5.60 Å². The molecular formula is C13H17ClO. The molecule has 2 rings (SSSR count). The molecule has 0 spiro atoms. The Bertz CT molecular complexity index is 342. The number of benzene rings is 1. The zero-order valence-corrected chi connectivity index (χ0v) is 10.2. The molecule has 1 aromatic carbocycles. The van der Waals surface area contributed by atoms with Crippen LogP contribution in [0.1, 0.15) is 32.3 Å². The molecule has 0 bridgehead atoms. The molecule has 1 saturated heterocycles. The van der Waals surface area contributed by atoms with Crippen molar-refractivity contribution in [1.29, 1.82) is 0 Å². The molecule has 15 heavy (non-hydrogen) atoms. The summed E-state index contributed by atoms with van der Waals surface area (Å²) in [6, 6.07) is 8.13. The van der Waals surface area contributed by atoms with Crippen molar-refractivity contribution in [3.63, 3.8) is 0 Å². The molecule has 2 unspecified atom stereocenters. The van der Waals surface area contributed by atoms with Gasteiger partial charge < -0.3 is 4.74 Å². The Labute approximate surface area is 96.4 Å². The van der Waals surface area contributed by atoms with E-state index in [4.69, 9.17) is 16.3 Å². The monoisotopic (exact) mass is 224 g/mol. The molecule has 1 fully saturated rings. The van der Waals surface area contributed by atoms with Gasteiger partial charge in [0.1, 0.15) is 0 Å². The van der Waals surface area contributed by atoms with E-state index in [2.05, 4.69) is 32.9 Å². The van der Waals surface area contributed by atoms with E-state index in [9.17, 15) is 0 Å². The van der Waals surface area contributed by atoms with Crippen LogP contribution in [0.4, 0.5) is 0 Å². The maximum Gasteiger partial charge on any atom is 0.0698 e. The van der Waals surface area contributed by atoms with Crippen molar-refractivity contribution in [2.24, 2.45) is 5.92 Å². The Morgan fingerprint density at radius 1 is 1.27 bits per heavy atom. The molecule has 0 radical (unpaired) electrons. The third-order valence-electron chi connectivity index (χ3n) is 3.27. The lowest BCUT2D eigenvalue weighted by atomic mass is 9.79. The predicted octanol–water partition coefficient (Wildman–Crippen LogP) is 3.87. The lowest BCUT2D eigenvalue weighted by Crippen LogP contribution is -2.27. The number of rotatable bonds is 1. The summed E-state index contributed by atoms with van der Waals surface area (Å²) >= 11 is 5.89. The van der Waals surface area contributed by atoms with Crippen molar-refractivity contribution >= 4 is 11.6 Å². The van der Waals surface area contributed by atoms with E-state index >= 15 is 0 Å². The van der Waals surface area contributed by atoms with Gasteiger partial charge in [0.25, 0.3) is 0 Å². The van der Waals surface area contributed by atoms with Gasteiger partial charge in [0.15, 0.2) is 0 Å². The van der Waals surface area contributed by atoms with E-state index in [1.807, 2.05) is 12.1 Å². The van der Waals surface area contributed by atoms with Crippen LogP contribution in [0.25, 0.3) is 0 Å². The highest BCUT2D eigenvalue weighted by Crippen LogP contribution is 2.43. The topological polar surface area (TPSA) is 9.23 Å². The van der Waals surface area contributed by atoms with Crippen molar-refractivity contribution in [1.82, 2.24) is 0 Å². The summed E-state index contributed by atoms with van der Waals surface area (Å²) in [6.07, 6.45) is 0. The first-order chi connectivity index (χ1) is 7.00. The van der Waals surface area contributed by atoms with Crippen LogP contribution in [0.15, 0.2) is 24.3 Å². The fraction of sp³-hybridized carbons (Fsp3) is 0.538. The van der Waals surface area contributed by atoms with Crippen LogP contribution in [-0.4, -0.2) is 12.2 Å². The molecule has 1 nitrogen and oxygen atoms in total. The third-order valence-corrected chi connectivity index (χ3v) is 3.52. The molecule has 0 N–H and O–H groups in total. The second-order valence-corrected chi connectivity index (χ2v) is 5.36. The van der Waals surface area contributed by atoms with Crippen LogP contribution in [0, 0.1) is 5.92 Å². The Morgan fingerprint density at radius 3 is 2.33 bits per heavy atom. The summed E-state index contributed by atoms with van der Waals surface area (Å²) in [4.78, 5) is 0. The van der Waals surface area contributed by atoms with Crippen LogP contribution in [0.5, 0.6) is 0 Å². The van der Waals surface area contributed by atoms with Gasteiger partial charge in [-0.1, -0.05) is 30.7 Å². The van der Waals surface area contributed by atoms with Crippen molar-refractivity contribution < 1.29 is 4.74 Å². The molecule has 2 heteroatoms.